The van der Waals surface area contributed by atoms with E-state index in [0.29, 0.717) is 16.9 Å². The Bertz CT molecular complexity index is 1550. The van der Waals surface area contributed by atoms with Gasteiger partial charge in [-0.05, 0) is 77.6 Å². The summed E-state index contributed by atoms with van der Waals surface area (Å²) in [5, 5.41) is 9.11. The van der Waals surface area contributed by atoms with Crippen LogP contribution in [-0.2, 0) is 9.59 Å². The Balaban J connectivity index is 1.24. The van der Waals surface area contributed by atoms with Crippen LogP contribution in [0.25, 0.3) is 18.2 Å². The molecule has 2 aliphatic heterocycles. The first kappa shape index (κ1) is 26.9. The summed E-state index contributed by atoms with van der Waals surface area (Å²) in [6.07, 6.45) is 15.1. The lowest BCUT2D eigenvalue weighted by Gasteiger charge is -2.27. The van der Waals surface area contributed by atoms with Crippen molar-refractivity contribution >= 4 is 81.5 Å². The number of thiocarbonyl (C=S) groups is 1. The zero-order chi connectivity index (χ0) is 27.8. The topological polar surface area (TPSA) is 60.9 Å². The summed E-state index contributed by atoms with van der Waals surface area (Å²) >= 11 is 7.65. The van der Waals surface area contributed by atoms with Gasteiger partial charge in [-0.1, -0.05) is 72.9 Å². The molecular weight excluding hydrogens is 557 g/mol. The van der Waals surface area contributed by atoms with Crippen molar-refractivity contribution < 1.29 is 14.7 Å². The summed E-state index contributed by atoms with van der Waals surface area (Å²) in [5.41, 5.74) is 6.90. The molecule has 3 aromatic rings. The van der Waals surface area contributed by atoms with Gasteiger partial charge in [-0.25, -0.2) is 0 Å². The number of hydrogen-bond acceptors (Lipinski definition) is 6. The normalized spacial score (nSPS) is 21.1. The summed E-state index contributed by atoms with van der Waals surface area (Å²) in [5.74, 6) is -0.985. The highest BCUT2D eigenvalue weighted by atomic mass is 32.2. The van der Waals surface area contributed by atoms with E-state index in [1.54, 1.807) is 0 Å². The van der Waals surface area contributed by atoms with Crippen molar-refractivity contribution in [2.24, 2.45) is 0 Å². The molecule has 0 aromatic heterocycles. The van der Waals surface area contributed by atoms with Crippen molar-refractivity contribution in [3.63, 3.8) is 0 Å². The maximum absolute atomic E-state index is 12.8. The fraction of sp³-hybridized carbons (Fsp3) is 0.188. The first-order valence-corrected chi connectivity index (χ1v) is 15.2. The van der Waals surface area contributed by atoms with Crippen LogP contribution < -0.4 is 4.90 Å². The molecule has 0 bridgehead atoms. The van der Waals surface area contributed by atoms with Gasteiger partial charge in [0.15, 0.2) is 0 Å². The van der Waals surface area contributed by atoms with E-state index in [1.165, 1.54) is 35.1 Å². The molecule has 1 amide bonds. The summed E-state index contributed by atoms with van der Waals surface area (Å²) in [4.78, 5) is 29.0. The Morgan fingerprint density at radius 2 is 1.70 bits per heavy atom. The largest absolute Gasteiger partial charge is 0.480 e. The van der Waals surface area contributed by atoms with Crippen LogP contribution in [0.1, 0.15) is 47.4 Å². The fourth-order valence-electron chi connectivity index (χ4n) is 5.82. The average molecular weight is 583 g/mol. The van der Waals surface area contributed by atoms with Gasteiger partial charge in [-0.3, -0.25) is 14.5 Å². The van der Waals surface area contributed by atoms with Crippen molar-refractivity contribution in [2.75, 3.05) is 11.4 Å². The molecule has 3 aliphatic rings. The van der Waals surface area contributed by atoms with E-state index >= 15 is 0 Å². The smallest absolute Gasteiger partial charge is 0.323 e. The first-order valence-electron chi connectivity index (χ1n) is 13.1. The quantitative estimate of drug-likeness (QED) is 0.133. The number of nitrogens with zero attached hydrogens (tertiary/aromatic N) is 2. The highest BCUT2D eigenvalue weighted by molar-refractivity contribution is 8.26. The number of anilines is 2. The summed E-state index contributed by atoms with van der Waals surface area (Å²) in [7, 11) is 0. The number of carboxylic acid groups (broad SMARTS) is 1. The number of fused-ring (bicyclic) bond motifs is 3. The van der Waals surface area contributed by atoms with Crippen LogP contribution in [-0.4, -0.2) is 38.8 Å². The Morgan fingerprint density at radius 3 is 2.38 bits per heavy atom. The van der Waals surface area contributed by atoms with Crippen molar-refractivity contribution in [3.05, 3.63) is 100 Å². The minimum Gasteiger partial charge on any atom is -0.480 e. The summed E-state index contributed by atoms with van der Waals surface area (Å²) < 4.78 is 0.281. The molecule has 2 fully saturated rings. The zero-order valence-electron chi connectivity index (χ0n) is 21.5. The van der Waals surface area contributed by atoms with Crippen LogP contribution in [0.5, 0.6) is 0 Å². The molecule has 1 N–H and O–H groups in total. The van der Waals surface area contributed by atoms with Crippen LogP contribution in [0.15, 0.2) is 76.5 Å². The average Bonchev–Trinajstić information content (AvgIpc) is 3.62. The number of thioether (sulfide) groups is 2. The van der Waals surface area contributed by atoms with Gasteiger partial charge in [0.2, 0.25) is 0 Å². The van der Waals surface area contributed by atoms with Crippen molar-refractivity contribution in [1.82, 2.24) is 4.90 Å². The molecule has 3 aromatic carbocycles. The monoisotopic (exact) mass is 582 g/mol. The Kier molecular flexibility index (Phi) is 7.57. The fourth-order valence-corrected chi connectivity index (χ4v) is 7.37. The Hall–Kier alpha value is -3.33. The molecule has 2 atom stereocenters. The third kappa shape index (κ3) is 5.23. The minimum absolute atomic E-state index is 0.281. The van der Waals surface area contributed by atoms with Gasteiger partial charge in [0.25, 0.3) is 5.91 Å². The van der Waals surface area contributed by atoms with E-state index in [0.717, 1.165) is 51.1 Å². The van der Waals surface area contributed by atoms with Crippen molar-refractivity contribution in [1.29, 1.82) is 0 Å². The highest BCUT2D eigenvalue weighted by Crippen LogP contribution is 2.52. The van der Waals surface area contributed by atoms with Gasteiger partial charge in [-0.15, -0.1) is 11.8 Å². The maximum Gasteiger partial charge on any atom is 0.323 e. The SMILES string of the molecule is [CH]Sc1ccc(C=Cc2ccc(N3c4ccc(/C=C5\SC(=S)N(CC(=O)O)C5=O)cc4C4CCCC43)cc2)cc1. The van der Waals surface area contributed by atoms with Gasteiger partial charge in [0, 0.05) is 34.5 Å². The number of rotatable bonds is 7. The first-order chi connectivity index (χ1) is 19.4. The standard InChI is InChI=1S/C32H26N2O3S3/c1-39-24-14-9-21(10-15-24)6-5-20-7-12-23(13-8-20)34-27-4-2-3-25(27)26-17-22(11-16-28(26)34)18-29-31(37)33(19-30(35)36)32(38)40-29/h1,5-18,25,27H,2-4,19H2,(H,35,36)/b6-5?,29-18-. The minimum atomic E-state index is -1.08. The predicted octanol–water partition coefficient (Wildman–Crippen LogP) is 7.69. The molecule has 8 heteroatoms. The van der Waals surface area contributed by atoms with Gasteiger partial charge in [0.05, 0.1) is 4.91 Å². The summed E-state index contributed by atoms with van der Waals surface area (Å²) in [6, 6.07) is 23.7. The number of benzene rings is 3. The van der Waals surface area contributed by atoms with E-state index in [1.807, 2.05) is 24.3 Å². The van der Waals surface area contributed by atoms with E-state index in [9.17, 15) is 9.59 Å². The molecular formula is C32H26N2O3S3. The van der Waals surface area contributed by atoms with Crippen LogP contribution in [0.4, 0.5) is 11.4 Å². The second kappa shape index (κ2) is 11.3. The third-order valence-corrected chi connectivity index (χ3v) is 9.56. The van der Waals surface area contributed by atoms with Gasteiger partial charge < -0.3 is 10.0 Å². The van der Waals surface area contributed by atoms with E-state index in [-0.39, 0.29) is 10.2 Å². The molecule has 2 unspecified atom stereocenters. The van der Waals surface area contributed by atoms with Crippen LogP contribution in [0, 0.1) is 6.26 Å². The molecule has 2 heterocycles. The molecule has 1 aliphatic carbocycles. The van der Waals surface area contributed by atoms with E-state index < -0.39 is 12.5 Å². The lowest BCUT2D eigenvalue weighted by molar-refractivity contribution is -0.140. The number of hydrogen-bond donors (Lipinski definition) is 1. The molecule has 2 radical (unpaired) electrons. The molecule has 1 saturated heterocycles. The van der Waals surface area contributed by atoms with Crippen LogP contribution in [0.3, 0.4) is 0 Å². The number of carbonyl (C=O) groups excluding carboxylic acids is 1. The van der Waals surface area contributed by atoms with Gasteiger partial charge >= 0.3 is 5.97 Å². The molecule has 40 heavy (non-hydrogen) atoms. The van der Waals surface area contributed by atoms with Gasteiger partial charge in [0.1, 0.15) is 10.9 Å². The molecule has 5 nitrogen and oxygen atoms in total. The maximum atomic E-state index is 12.8. The van der Waals surface area contributed by atoms with Crippen molar-refractivity contribution in [2.45, 2.75) is 36.1 Å². The summed E-state index contributed by atoms with van der Waals surface area (Å²) in [6.45, 7) is -0.416. The molecule has 200 valence electrons. The van der Waals surface area contributed by atoms with Gasteiger partial charge in [-0.2, -0.15) is 0 Å². The molecule has 6 rings (SSSR count). The second-order valence-electron chi connectivity index (χ2n) is 10.1. The van der Waals surface area contributed by atoms with Crippen LogP contribution in [0.2, 0.25) is 0 Å². The number of aliphatic carboxylic acids is 1. The number of carboxylic acids is 1. The van der Waals surface area contributed by atoms with E-state index in [2.05, 4.69) is 65.6 Å². The van der Waals surface area contributed by atoms with E-state index in [4.69, 9.17) is 23.6 Å². The zero-order valence-corrected chi connectivity index (χ0v) is 24.0. The second-order valence-corrected chi connectivity index (χ2v) is 12.4. The van der Waals surface area contributed by atoms with Crippen LogP contribution >= 0.6 is 35.7 Å². The molecule has 1 saturated carbocycles. The predicted molar refractivity (Wildman–Crippen MR) is 168 cm³/mol. The van der Waals surface area contributed by atoms with Crippen molar-refractivity contribution in [3.8, 4) is 0 Å². The number of amides is 1. The third-order valence-electron chi connectivity index (χ3n) is 7.64. The molecule has 0 spiro atoms. The lowest BCUT2D eigenvalue weighted by Crippen LogP contribution is -2.33. The Morgan fingerprint density at radius 1 is 1.02 bits per heavy atom. The number of carbonyl (C=O) groups is 2. The highest BCUT2D eigenvalue weighted by Gasteiger charge is 2.42. The Labute approximate surface area is 248 Å². The lowest BCUT2D eigenvalue weighted by atomic mass is 9.96.